The van der Waals surface area contributed by atoms with Crippen LogP contribution >= 0.6 is 11.3 Å². The molecule has 9 heteroatoms. The minimum absolute atomic E-state index is 0.0916. The summed E-state index contributed by atoms with van der Waals surface area (Å²) in [5, 5.41) is 6.47. The number of carbonyl (C=O) groups excluding carboxylic acids is 2. The number of anilines is 2. The van der Waals surface area contributed by atoms with E-state index in [4.69, 9.17) is 9.47 Å². The smallest absolute Gasteiger partial charge is 0.231 e. The number of nitrogens with zero attached hydrogens (tertiary/aromatic N) is 2. The molecule has 0 bridgehead atoms. The van der Waals surface area contributed by atoms with E-state index in [0.29, 0.717) is 42.1 Å². The fraction of sp³-hybridized carbons (Fsp3) is 0.240. The Bertz CT molecular complexity index is 1430. The standard InChI is InChI=1S/C25H22N4O4S/c1-14-23(17-4-2-3-5-18(17)26-14)19-13-34-25(27-19)28-24(31)15-10-22(30)29(12-15)16-6-7-20-21(11-16)33-9-8-32-20/h2-7,11,13,15,26H,8-10,12H2,1H3,(H,27,28,31). The fourth-order valence-electron chi connectivity index (χ4n) is 4.59. The lowest BCUT2D eigenvalue weighted by atomic mass is 10.1. The van der Waals surface area contributed by atoms with E-state index in [9.17, 15) is 9.59 Å². The lowest BCUT2D eigenvalue weighted by molar-refractivity contribution is -0.122. The lowest BCUT2D eigenvalue weighted by Crippen LogP contribution is -2.28. The minimum Gasteiger partial charge on any atom is -0.486 e. The number of hydrogen-bond acceptors (Lipinski definition) is 6. The quantitative estimate of drug-likeness (QED) is 0.458. The van der Waals surface area contributed by atoms with E-state index in [1.54, 1.807) is 17.0 Å². The van der Waals surface area contributed by atoms with Crippen molar-refractivity contribution in [2.24, 2.45) is 5.92 Å². The van der Waals surface area contributed by atoms with E-state index in [-0.39, 0.29) is 18.2 Å². The molecule has 2 N–H and O–H groups in total. The van der Waals surface area contributed by atoms with Gasteiger partial charge < -0.3 is 24.7 Å². The summed E-state index contributed by atoms with van der Waals surface area (Å²) in [7, 11) is 0. The highest BCUT2D eigenvalue weighted by molar-refractivity contribution is 7.14. The van der Waals surface area contributed by atoms with Crippen molar-refractivity contribution >= 4 is 44.9 Å². The monoisotopic (exact) mass is 474 g/mol. The van der Waals surface area contributed by atoms with Crippen molar-refractivity contribution < 1.29 is 19.1 Å². The Balaban J connectivity index is 1.17. The predicted molar refractivity (Wildman–Crippen MR) is 131 cm³/mol. The molecule has 1 atom stereocenters. The van der Waals surface area contributed by atoms with Crippen molar-refractivity contribution in [2.75, 3.05) is 30.0 Å². The second-order valence-corrected chi connectivity index (χ2v) is 9.29. The Morgan fingerprint density at radius 1 is 1.18 bits per heavy atom. The van der Waals surface area contributed by atoms with Crippen LogP contribution in [0.2, 0.25) is 0 Å². The first-order valence-corrected chi connectivity index (χ1v) is 12.0. The number of fused-ring (bicyclic) bond motifs is 2. The Kier molecular flexibility index (Phi) is 4.99. The highest BCUT2D eigenvalue weighted by Crippen LogP contribution is 2.37. The largest absolute Gasteiger partial charge is 0.486 e. The summed E-state index contributed by atoms with van der Waals surface area (Å²) in [5.74, 6) is 0.534. The Labute approximate surface area is 199 Å². The molecule has 0 saturated carbocycles. The molecule has 2 aliphatic heterocycles. The maximum absolute atomic E-state index is 13.0. The van der Waals surface area contributed by atoms with Gasteiger partial charge in [0.05, 0.1) is 11.6 Å². The first kappa shape index (κ1) is 20.7. The number of thiazole rings is 1. The average Bonchev–Trinajstić information content (AvgIpc) is 3.54. The van der Waals surface area contributed by atoms with Gasteiger partial charge >= 0.3 is 0 Å². The van der Waals surface area contributed by atoms with Crippen LogP contribution < -0.4 is 19.7 Å². The van der Waals surface area contributed by atoms with Crippen LogP contribution in [-0.4, -0.2) is 41.5 Å². The van der Waals surface area contributed by atoms with Gasteiger partial charge in [-0.25, -0.2) is 4.98 Å². The van der Waals surface area contributed by atoms with Crippen LogP contribution in [0.1, 0.15) is 12.1 Å². The van der Waals surface area contributed by atoms with Crippen molar-refractivity contribution in [1.82, 2.24) is 9.97 Å². The maximum Gasteiger partial charge on any atom is 0.231 e. The number of hydrogen-bond donors (Lipinski definition) is 2. The van der Waals surface area contributed by atoms with Crippen LogP contribution in [-0.2, 0) is 9.59 Å². The molecule has 1 fully saturated rings. The van der Waals surface area contributed by atoms with Gasteiger partial charge in [0.15, 0.2) is 16.6 Å². The van der Waals surface area contributed by atoms with Crippen LogP contribution in [0, 0.1) is 12.8 Å². The third kappa shape index (κ3) is 3.58. The molecule has 4 heterocycles. The van der Waals surface area contributed by atoms with Crippen LogP contribution in [0.15, 0.2) is 47.8 Å². The topological polar surface area (TPSA) is 96.6 Å². The van der Waals surface area contributed by atoms with Gasteiger partial charge in [-0.1, -0.05) is 18.2 Å². The second-order valence-electron chi connectivity index (χ2n) is 8.43. The van der Waals surface area contributed by atoms with Crippen LogP contribution in [0.25, 0.3) is 22.2 Å². The summed E-state index contributed by atoms with van der Waals surface area (Å²) >= 11 is 1.38. The number of ether oxygens (including phenoxy) is 2. The highest BCUT2D eigenvalue weighted by Gasteiger charge is 2.36. The van der Waals surface area contributed by atoms with Gasteiger partial charge in [-0.05, 0) is 25.1 Å². The van der Waals surface area contributed by atoms with Gasteiger partial charge in [0.25, 0.3) is 0 Å². The lowest BCUT2D eigenvalue weighted by Gasteiger charge is -2.22. The molecule has 0 aliphatic carbocycles. The molecule has 2 aliphatic rings. The van der Waals surface area contributed by atoms with Crippen LogP contribution in [0.5, 0.6) is 11.5 Å². The molecule has 4 aromatic rings. The van der Waals surface area contributed by atoms with E-state index < -0.39 is 5.92 Å². The molecule has 6 rings (SSSR count). The molecular formula is C25H22N4O4S. The molecule has 34 heavy (non-hydrogen) atoms. The molecule has 0 radical (unpaired) electrons. The van der Waals surface area contributed by atoms with Gasteiger partial charge in [-0.3, -0.25) is 9.59 Å². The van der Waals surface area contributed by atoms with Gasteiger partial charge in [-0.2, -0.15) is 0 Å². The zero-order chi connectivity index (χ0) is 23.2. The van der Waals surface area contributed by atoms with E-state index in [2.05, 4.69) is 21.4 Å². The number of rotatable bonds is 4. The summed E-state index contributed by atoms with van der Waals surface area (Å²) < 4.78 is 11.2. The predicted octanol–water partition coefficient (Wildman–Crippen LogP) is 4.36. The molecule has 2 aromatic carbocycles. The van der Waals surface area contributed by atoms with Gasteiger partial charge in [0, 0.05) is 52.3 Å². The molecule has 172 valence electrons. The third-order valence-electron chi connectivity index (χ3n) is 6.22. The summed E-state index contributed by atoms with van der Waals surface area (Å²) in [6, 6.07) is 13.5. The van der Waals surface area contributed by atoms with Crippen molar-refractivity contribution in [3.63, 3.8) is 0 Å². The molecule has 8 nitrogen and oxygen atoms in total. The van der Waals surface area contributed by atoms with E-state index in [1.165, 1.54) is 11.3 Å². The van der Waals surface area contributed by atoms with Gasteiger partial charge in [0.1, 0.15) is 13.2 Å². The fourth-order valence-corrected chi connectivity index (χ4v) is 5.30. The van der Waals surface area contributed by atoms with E-state index >= 15 is 0 Å². The number of carbonyl (C=O) groups is 2. The number of benzene rings is 2. The number of aryl methyl sites for hydroxylation is 1. The number of H-pyrrole nitrogens is 1. The molecule has 2 aromatic heterocycles. The third-order valence-corrected chi connectivity index (χ3v) is 6.98. The molecule has 2 amide bonds. The summed E-state index contributed by atoms with van der Waals surface area (Å²) in [4.78, 5) is 35.3. The van der Waals surface area contributed by atoms with Crippen molar-refractivity contribution in [2.45, 2.75) is 13.3 Å². The SMILES string of the molecule is Cc1[nH]c2ccccc2c1-c1csc(NC(=O)C2CC(=O)N(c3ccc4c(c3)OCCO4)C2)n1. The van der Waals surface area contributed by atoms with E-state index in [1.807, 2.05) is 36.6 Å². The minimum atomic E-state index is -0.456. The van der Waals surface area contributed by atoms with Gasteiger partial charge in [-0.15, -0.1) is 11.3 Å². The maximum atomic E-state index is 13.0. The van der Waals surface area contributed by atoms with Gasteiger partial charge in [0.2, 0.25) is 11.8 Å². The molecule has 1 saturated heterocycles. The number of para-hydroxylation sites is 1. The summed E-state index contributed by atoms with van der Waals surface area (Å²) in [6.07, 6.45) is 0.153. The number of nitrogens with one attached hydrogen (secondary N) is 2. The Morgan fingerprint density at radius 3 is 2.88 bits per heavy atom. The van der Waals surface area contributed by atoms with E-state index in [0.717, 1.165) is 27.9 Å². The molecular weight excluding hydrogens is 452 g/mol. The van der Waals surface area contributed by atoms with Crippen LogP contribution in [0.3, 0.4) is 0 Å². The normalized spacial score (nSPS) is 17.4. The van der Waals surface area contributed by atoms with Crippen molar-refractivity contribution in [3.05, 3.63) is 53.5 Å². The molecule has 1 unspecified atom stereocenters. The van der Waals surface area contributed by atoms with Crippen LogP contribution in [0.4, 0.5) is 10.8 Å². The van der Waals surface area contributed by atoms with Crippen molar-refractivity contribution in [1.29, 1.82) is 0 Å². The summed E-state index contributed by atoms with van der Waals surface area (Å²) in [6.45, 7) is 3.31. The Morgan fingerprint density at radius 2 is 2.00 bits per heavy atom. The zero-order valence-corrected chi connectivity index (χ0v) is 19.3. The number of aromatic nitrogens is 2. The number of aromatic amines is 1. The first-order chi connectivity index (χ1) is 16.6. The number of amides is 2. The second kappa shape index (κ2) is 8.18. The Hall–Kier alpha value is -3.85. The molecule has 0 spiro atoms. The summed E-state index contributed by atoms with van der Waals surface area (Å²) in [5.41, 5.74) is 4.64. The zero-order valence-electron chi connectivity index (χ0n) is 18.5. The van der Waals surface area contributed by atoms with Crippen molar-refractivity contribution in [3.8, 4) is 22.8 Å². The highest BCUT2D eigenvalue weighted by atomic mass is 32.1. The first-order valence-electron chi connectivity index (χ1n) is 11.1. The average molecular weight is 475 g/mol.